The van der Waals surface area contributed by atoms with E-state index in [-0.39, 0.29) is 11.3 Å². The third-order valence-electron chi connectivity index (χ3n) is 3.04. The first-order chi connectivity index (χ1) is 10.1. The lowest BCUT2D eigenvalue weighted by Crippen LogP contribution is -2.05. The summed E-state index contributed by atoms with van der Waals surface area (Å²) in [6.45, 7) is 0. The van der Waals surface area contributed by atoms with Crippen LogP contribution in [0.2, 0.25) is 0 Å². The van der Waals surface area contributed by atoms with Crippen LogP contribution in [0.3, 0.4) is 0 Å². The molecule has 0 fully saturated rings. The Balaban J connectivity index is 1.94. The minimum atomic E-state index is -1.08. The molecule has 0 aliphatic carbocycles. The fourth-order valence-corrected chi connectivity index (χ4v) is 2.02. The van der Waals surface area contributed by atoms with E-state index in [1.807, 2.05) is 30.3 Å². The Hall–Kier alpha value is -3.15. The molecular weight excluding hydrogens is 268 g/mol. The van der Waals surface area contributed by atoms with Gasteiger partial charge in [0.2, 0.25) is 0 Å². The van der Waals surface area contributed by atoms with Gasteiger partial charge < -0.3 is 16.2 Å². The molecule has 0 atom stereocenters. The SMILES string of the molecule is Nc1cnc(Nc2ccc3ncccc3c2)cc1C(=O)O. The summed E-state index contributed by atoms with van der Waals surface area (Å²) in [6.07, 6.45) is 3.06. The smallest absolute Gasteiger partial charge is 0.337 e. The third kappa shape index (κ3) is 2.59. The number of carboxylic acid groups (broad SMARTS) is 1. The van der Waals surface area contributed by atoms with Crippen LogP contribution >= 0.6 is 0 Å². The molecule has 0 radical (unpaired) electrons. The first-order valence-electron chi connectivity index (χ1n) is 6.24. The summed E-state index contributed by atoms with van der Waals surface area (Å²) in [6, 6.07) is 10.9. The van der Waals surface area contributed by atoms with Gasteiger partial charge in [0.15, 0.2) is 0 Å². The van der Waals surface area contributed by atoms with E-state index in [1.54, 1.807) is 6.20 Å². The molecule has 0 bridgehead atoms. The number of nitrogen functional groups attached to an aromatic ring is 1. The Kier molecular flexibility index (Phi) is 3.12. The van der Waals surface area contributed by atoms with E-state index in [4.69, 9.17) is 10.8 Å². The van der Waals surface area contributed by atoms with Gasteiger partial charge in [0.1, 0.15) is 5.82 Å². The lowest BCUT2D eigenvalue weighted by atomic mass is 10.2. The number of carboxylic acids is 1. The number of nitrogens with two attached hydrogens (primary N) is 1. The van der Waals surface area contributed by atoms with Gasteiger partial charge in [0.25, 0.3) is 0 Å². The monoisotopic (exact) mass is 280 g/mol. The Bertz CT molecular complexity index is 833. The minimum Gasteiger partial charge on any atom is -0.478 e. The molecule has 0 saturated heterocycles. The number of anilines is 3. The highest BCUT2D eigenvalue weighted by Crippen LogP contribution is 2.22. The summed E-state index contributed by atoms with van der Waals surface area (Å²) in [5.41, 5.74) is 7.42. The number of hydrogen-bond donors (Lipinski definition) is 3. The number of nitrogens with zero attached hydrogens (tertiary/aromatic N) is 2. The highest BCUT2D eigenvalue weighted by atomic mass is 16.4. The quantitative estimate of drug-likeness (QED) is 0.681. The molecule has 4 N–H and O–H groups in total. The van der Waals surface area contributed by atoms with Gasteiger partial charge >= 0.3 is 5.97 Å². The highest BCUT2D eigenvalue weighted by Gasteiger charge is 2.09. The average molecular weight is 280 g/mol. The normalized spacial score (nSPS) is 10.5. The standard InChI is InChI=1S/C15H12N4O2/c16-12-8-18-14(7-11(12)15(20)21)19-10-3-4-13-9(6-10)2-1-5-17-13/h1-8H,16H2,(H,18,19)(H,20,21). The van der Waals surface area contributed by atoms with Gasteiger partial charge in [0.05, 0.1) is 23.0 Å². The van der Waals surface area contributed by atoms with Crippen LogP contribution in [-0.2, 0) is 0 Å². The second-order valence-electron chi connectivity index (χ2n) is 4.50. The zero-order valence-electron chi connectivity index (χ0n) is 10.9. The minimum absolute atomic E-state index is 0.0231. The number of rotatable bonds is 3. The van der Waals surface area contributed by atoms with Gasteiger partial charge in [-0.05, 0) is 30.3 Å². The predicted molar refractivity (Wildman–Crippen MR) is 80.6 cm³/mol. The van der Waals surface area contributed by atoms with Gasteiger partial charge in [-0.25, -0.2) is 9.78 Å². The van der Waals surface area contributed by atoms with Crippen LogP contribution in [0.4, 0.5) is 17.2 Å². The van der Waals surface area contributed by atoms with Crippen LogP contribution < -0.4 is 11.1 Å². The van der Waals surface area contributed by atoms with Crippen molar-refractivity contribution in [1.82, 2.24) is 9.97 Å². The van der Waals surface area contributed by atoms with E-state index >= 15 is 0 Å². The number of carbonyl (C=O) groups is 1. The van der Waals surface area contributed by atoms with Crippen molar-refractivity contribution in [1.29, 1.82) is 0 Å². The molecule has 3 aromatic rings. The van der Waals surface area contributed by atoms with Crippen molar-refractivity contribution in [3.8, 4) is 0 Å². The van der Waals surface area contributed by atoms with E-state index in [0.717, 1.165) is 16.6 Å². The molecule has 0 saturated carbocycles. The predicted octanol–water partition coefficient (Wildman–Crippen LogP) is 2.65. The topological polar surface area (TPSA) is 101 Å². The van der Waals surface area contributed by atoms with Crippen molar-refractivity contribution < 1.29 is 9.90 Å². The van der Waals surface area contributed by atoms with E-state index in [0.29, 0.717) is 5.82 Å². The first kappa shape index (κ1) is 12.9. The first-order valence-corrected chi connectivity index (χ1v) is 6.24. The Morgan fingerprint density at radius 3 is 2.86 bits per heavy atom. The lowest BCUT2D eigenvalue weighted by molar-refractivity contribution is 0.0698. The van der Waals surface area contributed by atoms with Gasteiger partial charge in [-0.3, -0.25) is 4.98 Å². The summed E-state index contributed by atoms with van der Waals surface area (Å²) in [4.78, 5) is 19.4. The molecule has 2 aromatic heterocycles. The maximum absolute atomic E-state index is 11.1. The molecule has 2 heterocycles. The fraction of sp³-hybridized carbons (Fsp3) is 0. The van der Waals surface area contributed by atoms with Crippen molar-refractivity contribution in [2.24, 2.45) is 0 Å². The molecule has 21 heavy (non-hydrogen) atoms. The molecular formula is C15H12N4O2. The molecule has 0 spiro atoms. The molecule has 0 aliphatic rings. The second-order valence-corrected chi connectivity index (χ2v) is 4.50. The van der Waals surface area contributed by atoms with Crippen LogP contribution in [0, 0.1) is 0 Å². The maximum atomic E-state index is 11.1. The van der Waals surface area contributed by atoms with Crippen molar-refractivity contribution in [2.75, 3.05) is 11.1 Å². The number of fused-ring (bicyclic) bond motifs is 1. The fourth-order valence-electron chi connectivity index (χ4n) is 2.02. The second kappa shape index (κ2) is 5.09. The number of benzene rings is 1. The van der Waals surface area contributed by atoms with Gasteiger partial charge in [-0.1, -0.05) is 6.07 Å². The molecule has 0 unspecified atom stereocenters. The van der Waals surface area contributed by atoms with Crippen LogP contribution in [0.25, 0.3) is 10.9 Å². The maximum Gasteiger partial charge on any atom is 0.337 e. The largest absolute Gasteiger partial charge is 0.478 e. The number of pyridine rings is 2. The third-order valence-corrected chi connectivity index (χ3v) is 3.04. The Labute approximate surface area is 120 Å². The van der Waals surface area contributed by atoms with E-state index in [1.165, 1.54) is 12.3 Å². The molecule has 0 aliphatic heterocycles. The lowest BCUT2D eigenvalue weighted by Gasteiger charge is -2.08. The molecule has 104 valence electrons. The molecule has 6 heteroatoms. The van der Waals surface area contributed by atoms with E-state index in [2.05, 4.69) is 15.3 Å². The van der Waals surface area contributed by atoms with E-state index < -0.39 is 5.97 Å². The molecule has 3 rings (SSSR count). The Morgan fingerprint density at radius 1 is 1.19 bits per heavy atom. The molecule has 0 amide bonds. The van der Waals surface area contributed by atoms with Crippen molar-refractivity contribution in [3.63, 3.8) is 0 Å². The number of aromatic carboxylic acids is 1. The van der Waals surface area contributed by atoms with E-state index in [9.17, 15) is 4.79 Å². The number of nitrogens with one attached hydrogen (secondary N) is 1. The Morgan fingerprint density at radius 2 is 2.05 bits per heavy atom. The summed E-state index contributed by atoms with van der Waals surface area (Å²) in [5.74, 6) is -0.662. The number of hydrogen-bond acceptors (Lipinski definition) is 5. The summed E-state index contributed by atoms with van der Waals surface area (Å²) >= 11 is 0. The molecule has 6 nitrogen and oxygen atoms in total. The summed E-state index contributed by atoms with van der Waals surface area (Å²) < 4.78 is 0. The molecule has 1 aromatic carbocycles. The van der Waals surface area contributed by atoms with Gasteiger partial charge in [0, 0.05) is 17.3 Å². The van der Waals surface area contributed by atoms with Crippen LogP contribution in [0.1, 0.15) is 10.4 Å². The van der Waals surface area contributed by atoms with Crippen molar-refractivity contribution >= 4 is 34.1 Å². The number of aromatic nitrogens is 2. The van der Waals surface area contributed by atoms with Gasteiger partial charge in [-0.2, -0.15) is 0 Å². The van der Waals surface area contributed by atoms with Gasteiger partial charge in [-0.15, -0.1) is 0 Å². The summed E-state index contributed by atoms with van der Waals surface area (Å²) in [7, 11) is 0. The van der Waals surface area contributed by atoms with Crippen molar-refractivity contribution in [2.45, 2.75) is 0 Å². The van der Waals surface area contributed by atoms with Crippen LogP contribution in [0.15, 0.2) is 48.8 Å². The van der Waals surface area contributed by atoms with Crippen LogP contribution in [0.5, 0.6) is 0 Å². The van der Waals surface area contributed by atoms with Crippen LogP contribution in [-0.4, -0.2) is 21.0 Å². The zero-order chi connectivity index (χ0) is 14.8. The average Bonchev–Trinajstić information content (AvgIpc) is 2.49. The highest BCUT2D eigenvalue weighted by molar-refractivity contribution is 5.94. The zero-order valence-corrected chi connectivity index (χ0v) is 10.9. The van der Waals surface area contributed by atoms with Crippen molar-refractivity contribution in [3.05, 3.63) is 54.4 Å². The summed E-state index contributed by atoms with van der Waals surface area (Å²) in [5, 5.41) is 13.1.